The van der Waals surface area contributed by atoms with Crippen LogP contribution in [0.2, 0.25) is 0 Å². The minimum Gasteiger partial charge on any atom is -0.376 e. The summed E-state index contributed by atoms with van der Waals surface area (Å²) in [6.45, 7) is 3.33. The fourth-order valence-corrected chi connectivity index (χ4v) is 3.36. The predicted molar refractivity (Wildman–Crippen MR) is 97.1 cm³/mol. The highest BCUT2D eigenvalue weighted by Gasteiger charge is 2.17. The molecule has 1 atom stereocenters. The maximum absolute atomic E-state index is 12.4. The second kappa shape index (κ2) is 6.69. The smallest absolute Gasteiger partial charge is 0.251 e. The molecule has 1 aliphatic heterocycles. The number of rotatable bonds is 4. The zero-order valence-corrected chi connectivity index (χ0v) is 14.2. The molecule has 2 heterocycles. The normalized spacial score (nSPS) is 17.1. The SMILES string of the molecule is Cc1nc2cc(C(=O)NCC3CCCO3)ccc2n1-c1ccccc1. The lowest BCUT2D eigenvalue weighted by Gasteiger charge is -2.11. The summed E-state index contributed by atoms with van der Waals surface area (Å²) in [5, 5.41) is 2.96. The van der Waals surface area contributed by atoms with Crippen LogP contribution in [0.15, 0.2) is 48.5 Å². The van der Waals surface area contributed by atoms with E-state index in [1.807, 2.05) is 43.3 Å². The molecule has 1 N–H and O–H groups in total. The van der Waals surface area contributed by atoms with Crippen LogP contribution in [0.25, 0.3) is 16.7 Å². The van der Waals surface area contributed by atoms with Crippen LogP contribution >= 0.6 is 0 Å². The quantitative estimate of drug-likeness (QED) is 0.796. The molecule has 0 radical (unpaired) electrons. The minimum absolute atomic E-state index is 0.0793. The summed E-state index contributed by atoms with van der Waals surface area (Å²) in [7, 11) is 0. The molecule has 4 rings (SSSR count). The van der Waals surface area contributed by atoms with Gasteiger partial charge in [-0.25, -0.2) is 4.98 Å². The number of aryl methyl sites for hydroxylation is 1. The van der Waals surface area contributed by atoms with Crippen LogP contribution in [0, 0.1) is 6.92 Å². The van der Waals surface area contributed by atoms with Gasteiger partial charge in [0.1, 0.15) is 5.82 Å². The third-order valence-corrected chi connectivity index (χ3v) is 4.61. The number of ether oxygens (including phenoxy) is 1. The van der Waals surface area contributed by atoms with Gasteiger partial charge in [-0.3, -0.25) is 9.36 Å². The van der Waals surface area contributed by atoms with E-state index in [9.17, 15) is 4.79 Å². The lowest BCUT2D eigenvalue weighted by molar-refractivity contribution is 0.0858. The van der Waals surface area contributed by atoms with Crippen molar-refractivity contribution in [1.82, 2.24) is 14.9 Å². The average Bonchev–Trinajstić information content (AvgIpc) is 3.26. The third kappa shape index (κ3) is 3.15. The highest BCUT2D eigenvalue weighted by molar-refractivity contribution is 5.97. The molecule has 0 saturated carbocycles. The first-order chi connectivity index (χ1) is 12.2. The number of amides is 1. The van der Waals surface area contributed by atoms with Gasteiger partial charge in [0.25, 0.3) is 5.91 Å². The van der Waals surface area contributed by atoms with Crippen molar-refractivity contribution in [3.63, 3.8) is 0 Å². The Morgan fingerprint density at radius 1 is 1.28 bits per heavy atom. The fourth-order valence-electron chi connectivity index (χ4n) is 3.36. The van der Waals surface area contributed by atoms with E-state index in [1.54, 1.807) is 0 Å². The van der Waals surface area contributed by atoms with Crippen LogP contribution in [-0.2, 0) is 4.74 Å². The maximum atomic E-state index is 12.4. The number of aromatic nitrogens is 2. The molecular formula is C20H21N3O2. The number of nitrogens with one attached hydrogen (secondary N) is 1. The van der Waals surface area contributed by atoms with Crippen molar-refractivity contribution in [3.8, 4) is 5.69 Å². The largest absolute Gasteiger partial charge is 0.376 e. The van der Waals surface area contributed by atoms with E-state index in [2.05, 4.69) is 27.0 Å². The molecule has 5 heteroatoms. The Morgan fingerprint density at radius 3 is 2.88 bits per heavy atom. The Balaban J connectivity index is 1.59. The highest BCUT2D eigenvalue weighted by Crippen LogP contribution is 2.22. The Bertz CT molecular complexity index is 896. The average molecular weight is 335 g/mol. The van der Waals surface area contributed by atoms with Gasteiger partial charge in [0.15, 0.2) is 0 Å². The molecule has 0 spiro atoms. The standard InChI is InChI=1S/C20H21N3O2/c1-14-22-18-12-15(20(24)21-13-17-8-5-11-25-17)9-10-19(18)23(14)16-6-3-2-4-7-16/h2-4,6-7,9-10,12,17H,5,8,11,13H2,1H3,(H,21,24). The lowest BCUT2D eigenvalue weighted by atomic mass is 10.1. The monoisotopic (exact) mass is 335 g/mol. The zero-order chi connectivity index (χ0) is 17.2. The first-order valence-corrected chi connectivity index (χ1v) is 8.67. The summed E-state index contributed by atoms with van der Waals surface area (Å²) < 4.78 is 7.65. The summed E-state index contributed by atoms with van der Waals surface area (Å²) in [6, 6.07) is 15.8. The van der Waals surface area contributed by atoms with E-state index in [1.165, 1.54) is 0 Å². The second-order valence-electron chi connectivity index (χ2n) is 6.38. The minimum atomic E-state index is -0.0793. The maximum Gasteiger partial charge on any atom is 0.251 e. The van der Waals surface area contributed by atoms with Crippen molar-refractivity contribution in [2.45, 2.75) is 25.9 Å². The molecule has 5 nitrogen and oxygen atoms in total. The number of carbonyl (C=O) groups excluding carboxylic acids is 1. The van der Waals surface area contributed by atoms with Gasteiger partial charge in [-0.15, -0.1) is 0 Å². The molecule has 1 aromatic heterocycles. The van der Waals surface area contributed by atoms with Crippen molar-refractivity contribution < 1.29 is 9.53 Å². The number of nitrogens with zero attached hydrogens (tertiary/aromatic N) is 2. The van der Waals surface area contributed by atoms with Gasteiger partial charge in [0.2, 0.25) is 0 Å². The van der Waals surface area contributed by atoms with Crippen molar-refractivity contribution in [3.05, 3.63) is 59.9 Å². The molecule has 2 aromatic carbocycles. The van der Waals surface area contributed by atoms with Gasteiger partial charge in [-0.2, -0.15) is 0 Å². The second-order valence-corrected chi connectivity index (χ2v) is 6.38. The Morgan fingerprint density at radius 2 is 2.12 bits per heavy atom. The van der Waals surface area contributed by atoms with Crippen molar-refractivity contribution in [1.29, 1.82) is 0 Å². The van der Waals surface area contributed by atoms with E-state index in [-0.39, 0.29) is 12.0 Å². The molecular weight excluding hydrogens is 314 g/mol. The number of hydrogen-bond donors (Lipinski definition) is 1. The molecule has 128 valence electrons. The van der Waals surface area contributed by atoms with Gasteiger partial charge in [0, 0.05) is 24.4 Å². The van der Waals surface area contributed by atoms with Gasteiger partial charge in [-0.1, -0.05) is 18.2 Å². The molecule has 1 aliphatic rings. The van der Waals surface area contributed by atoms with Gasteiger partial charge in [0.05, 0.1) is 17.1 Å². The number of para-hydroxylation sites is 1. The molecule has 0 aliphatic carbocycles. The van der Waals surface area contributed by atoms with E-state index >= 15 is 0 Å². The lowest BCUT2D eigenvalue weighted by Crippen LogP contribution is -2.31. The van der Waals surface area contributed by atoms with Crippen LogP contribution in [-0.4, -0.2) is 34.7 Å². The number of imidazole rings is 1. The van der Waals surface area contributed by atoms with E-state index in [4.69, 9.17) is 4.74 Å². The number of fused-ring (bicyclic) bond motifs is 1. The number of hydrogen-bond acceptors (Lipinski definition) is 3. The van der Waals surface area contributed by atoms with Crippen molar-refractivity contribution in [2.75, 3.05) is 13.2 Å². The van der Waals surface area contributed by atoms with E-state index < -0.39 is 0 Å². The fraction of sp³-hybridized carbons (Fsp3) is 0.300. The first kappa shape index (κ1) is 15.8. The molecule has 3 aromatic rings. The van der Waals surface area contributed by atoms with Gasteiger partial charge < -0.3 is 10.1 Å². The molecule has 0 bridgehead atoms. The highest BCUT2D eigenvalue weighted by atomic mass is 16.5. The molecule has 1 amide bonds. The summed E-state index contributed by atoms with van der Waals surface area (Å²) in [5.41, 5.74) is 3.52. The predicted octanol–water partition coefficient (Wildman–Crippen LogP) is 3.24. The molecule has 1 saturated heterocycles. The molecule has 25 heavy (non-hydrogen) atoms. The van der Waals surface area contributed by atoms with Gasteiger partial charge >= 0.3 is 0 Å². The Kier molecular flexibility index (Phi) is 4.24. The van der Waals surface area contributed by atoms with Crippen LogP contribution in [0.4, 0.5) is 0 Å². The number of benzene rings is 2. The summed E-state index contributed by atoms with van der Waals surface area (Å²) in [5.74, 6) is 0.822. The van der Waals surface area contributed by atoms with E-state index in [0.717, 1.165) is 42.0 Å². The van der Waals surface area contributed by atoms with E-state index in [0.29, 0.717) is 12.1 Å². The molecule has 1 fully saturated rings. The van der Waals surface area contributed by atoms with Gasteiger partial charge in [-0.05, 0) is 50.1 Å². The van der Waals surface area contributed by atoms with Crippen molar-refractivity contribution in [2.24, 2.45) is 0 Å². The first-order valence-electron chi connectivity index (χ1n) is 8.67. The number of carbonyl (C=O) groups is 1. The summed E-state index contributed by atoms with van der Waals surface area (Å²) in [4.78, 5) is 17.0. The van der Waals surface area contributed by atoms with Crippen LogP contribution in [0.3, 0.4) is 0 Å². The van der Waals surface area contributed by atoms with Crippen molar-refractivity contribution >= 4 is 16.9 Å². The summed E-state index contributed by atoms with van der Waals surface area (Å²) in [6.07, 6.45) is 2.23. The van der Waals surface area contributed by atoms with Crippen LogP contribution < -0.4 is 5.32 Å². The van der Waals surface area contributed by atoms with Crippen LogP contribution in [0.5, 0.6) is 0 Å². The Labute approximate surface area is 146 Å². The third-order valence-electron chi connectivity index (χ3n) is 4.61. The topological polar surface area (TPSA) is 56.1 Å². The van der Waals surface area contributed by atoms with Crippen LogP contribution in [0.1, 0.15) is 29.0 Å². The summed E-state index contributed by atoms with van der Waals surface area (Å²) >= 11 is 0. The Hall–Kier alpha value is -2.66. The molecule has 1 unspecified atom stereocenters. The zero-order valence-electron chi connectivity index (χ0n) is 14.2.